The number of fused-ring (bicyclic) bond motifs is 1. The first-order chi connectivity index (χ1) is 13.9. The van der Waals surface area contributed by atoms with E-state index in [-0.39, 0.29) is 12.2 Å². The number of ether oxygens (including phenoxy) is 2. The standard InChI is InChI=1S/C20H17Br2N3O4/c1-3-28-19(26)11-29-18-7-4-13(8-16(18)22)10-23-25-12(2)24-17-6-5-14(21)9-15(17)20(25)27/h4-10H,3,11H2,1-2H3. The van der Waals surface area contributed by atoms with Gasteiger partial charge in [0.25, 0.3) is 5.56 Å². The zero-order valence-corrected chi connectivity index (χ0v) is 18.9. The van der Waals surface area contributed by atoms with Crippen LogP contribution in [0.1, 0.15) is 18.3 Å². The summed E-state index contributed by atoms with van der Waals surface area (Å²) in [6.45, 7) is 3.59. The molecule has 0 saturated carbocycles. The molecule has 1 aromatic heterocycles. The maximum Gasteiger partial charge on any atom is 0.344 e. The average molecular weight is 523 g/mol. The van der Waals surface area contributed by atoms with Crippen LogP contribution in [-0.4, -0.2) is 35.1 Å². The molecule has 0 aliphatic heterocycles. The van der Waals surface area contributed by atoms with Crippen LogP contribution in [0.15, 0.2) is 55.2 Å². The molecule has 1 heterocycles. The summed E-state index contributed by atoms with van der Waals surface area (Å²) in [6, 6.07) is 10.6. The second kappa shape index (κ2) is 9.32. The lowest BCUT2D eigenvalue weighted by Crippen LogP contribution is -2.20. The highest BCUT2D eigenvalue weighted by molar-refractivity contribution is 9.10. The van der Waals surface area contributed by atoms with E-state index in [0.717, 1.165) is 10.0 Å². The highest BCUT2D eigenvalue weighted by atomic mass is 79.9. The molecule has 2 aromatic carbocycles. The summed E-state index contributed by atoms with van der Waals surface area (Å²) in [4.78, 5) is 28.6. The van der Waals surface area contributed by atoms with Gasteiger partial charge in [0.05, 0.1) is 28.2 Å². The molecule has 0 saturated heterocycles. The number of aromatic nitrogens is 2. The monoisotopic (exact) mass is 521 g/mol. The van der Waals surface area contributed by atoms with Crippen molar-refractivity contribution in [2.24, 2.45) is 5.10 Å². The number of benzene rings is 2. The second-order valence-electron chi connectivity index (χ2n) is 5.97. The van der Waals surface area contributed by atoms with Crippen molar-refractivity contribution in [1.29, 1.82) is 0 Å². The predicted octanol–water partition coefficient (Wildman–Crippen LogP) is 4.05. The molecule has 0 aliphatic rings. The van der Waals surface area contributed by atoms with Crippen molar-refractivity contribution in [3.05, 3.63) is 67.1 Å². The smallest absolute Gasteiger partial charge is 0.344 e. The first-order valence-electron chi connectivity index (χ1n) is 8.70. The molecule has 0 spiro atoms. The molecule has 3 aromatic rings. The first kappa shape index (κ1) is 21.2. The predicted molar refractivity (Wildman–Crippen MR) is 118 cm³/mol. The minimum absolute atomic E-state index is 0.174. The molecule has 0 radical (unpaired) electrons. The van der Waals surface area contributed by atoms with E-state index in [2.05, 4.69) is 41.9 Å². The van der Waals surface area contributed by atoms with Gasteiger partial charge in [0, 0.05) is 4.47 Å². The molecular formula is C20H17Br2N3O4. The van der Waals surface area contributed by atoms with Crippen LogP contribution < -0.4 is 10.3 Å². The van der Waals surface area contributed by atoms with Crippen molar-refractivity contribution in [3.63, 3.8) is 0 Å². The summed E-state index contributed by atoms with van der Waals surface area (Å²) in [5.74, 6) is 0.547. The number of carbonyl (C=O) groups is 1. The van der Waals surface area contributed by atoms with Gasteiger partial charge in [-0.15, -0.1) is 0 Å². The first-order valence-corrected chi connectivity index (χ1v) is 10.3. The van der Waals surface area contributed by atoms with Crippen molar-refractivity contribution < 1.29 is 14.3 Å². The van der Waals surface area contributed by atoms with E-state index in [1.54, 1.807) is 50.4 Å². The zero-order valence-electron chi connectivity index (χ0n) is 15.7. The summed E-state index contributed by atoms with van der Waals surface area (Å²) < 4.78 is 13.0. The van der Waals surface area contributed by atoms with Crippen LogP contribution in [0.3, 0.4) is 0 Å². The normalized spacial score (nSPS) is 11.2. The average Bonchev–Trinajstić information content (AvgIpc) is 2.68. The number of hydrogen-bond donors (Lipinski definition) is 0. The third-order valence-corrected chi connectivity index (χ3v) is 5.01. The molecule has 29 heavy (non-hydrogen) atoms. The number of rotatable bonds is 6. The largest absolute Gasteiger partial charge is 0.481 e. The van der Waals surface area contributed by atoms with Crippen LogP contribution >= 0.6 is 31.9 Å². The van der Waals surface area contributed by atoms with Crippen LogP contribution in [0, 0.1) is 6.92 Å². The molecule has 150 valence electrons. The van der Waals surface area contributed by atoms with Crippen molar-refractivity contribution >= 4 is 54.9 Å². The summed E-state index contributed by atoms with van der Waals surface area (Å²) >= 11 is 6.78. The third kappa shape index (κ3) is 5.10. The Balaban J connectivity index is 1.84. The van der Waals surface area contributed by atoms with Crippen LogP contribution in [0.2, 0.25) is 0 Å². The molecule has 3 rings (SSSR count). The molecule has 7 nitrogen and oxygen atoms in total. The van der Waals surface area contributed by atoms with E-state index in [9.17, 15) is 9.59 Å². The highest BCUT2D eigenvalue weighted by Crippen LogP contribution is 2.25. The molecule has 0 bridgehead atoms. The Morgan fingerprint density at radius 3 is 2.76 bits per heavy atom. The van der Waals surface area contributed by atoms with Gasteiger partial charge in [0.2, 0.25) is 0 Å². The van der Waals surface area contributed by atoms with E-state index in [0.29, 0.717) is 33.6 Å². The van der Waals surface area contributed by atoms with Gasteiger partial charge in [0.15, 0.2) is 6.61 Å². The quantitative estimate of drug-likeness (QED) is 0.360. The molecule has 0 unspecified atom stereocenters. The van der Waals surface area contributed by atoms with E-state index < -0.39 is 5.97 Å². The van der Waals surface area contributed by atoms with Gasteiger partial charge < -0.3 is 9.47 Å². The SMILES string of the molecule is CCOC(=O)COc1ccc(C=Nn2c(C)nc3ccc(Br)cc3c2=O)cc1Br. The molecule has 9 heteroatoms. The number of halogens is 2. The minimum atomic E-state index is -0.435. The zero-order chi connectivity index (χ0) is 21.0. The van der Waals surface area contributed by atoms with Crippen molar-refractivity contribution in [2.75, 3.05) is 13.2 Å². The van der Waals surface area contributed by atoms with Crippen molar-refractivity contribution in [1.82, 2.24) is 9.66 Å². The fourth-order valence-electron chi connectivity index (χ4n) is 2.57. The van der Waals surface area contributed by atoms with Gasteiger partial charge >= 0.3 is 5.97 Å². The maximum absolute atomic E-state index is 12.8. The number of carbonyl (C=O) groups excluding carboxylic acids is 1. The van der Waals surface area contributed by atoms with Gasteiger partial charge in [-0.05, 0) is 71.7 Å². The van der Waals surface area contributed by atoms with E-state index in [1.807, 2.05) is 6.07 Å². The Labute approximate surface area is 183 Å². The number of nitrogens with zero attached hydrogens (tertiary/aromatic N) is 3. The van der Waals surface area contributed by atoms with Gasteiger partial charge in [-0.3, -0.25) is 4.79 Å². The Hall–Kier alpha value is -2.52. The summed E-state index contributed by atoms with van der Waals surface area (Å²) in [6.07, 6.45) is 1.56. The van der Waals surface area contributed by atoms with Crippen LogP contribution in [0.4, 0.5) is 0 Å². The minimum Gasteiger partial charge on any atom is -0.481 e. The Bertz CT molecular complexity index is 1160. The summed E-state index contributed by atoms with van der Waals surface area (Å²) in [5.41, 5.74) is 1.10. The topological polar surface area (TPSA) is 82.8 Å². The molecule has 0 aliphatic carbocycles. The van der Waals surface area contributed by atoms with Gasteiger partial charge in [-0.1, -0.05) is 15.9 Å². The van der Waals surface area contributed by atoms with E-state index >= 15 is 0 Å². The fourth-order valence-corrected chi connectivity index (χ4v) is 3.45. The molecule has 0 atom stereocenters. The number of esters is 1. The van der Waals surface area contributed by atoms with Crippen LogP contribution in [0.25, 0.3) is 10.9 Å². The lowest BCUT2D eigenvalue weighted by molar-refractivity contribution is -0.145. The number of aryl methyl sites for hydroxylation is 1. The van der Waals surface area contributed by atoms with Crippen LogP contribution in [0.5, 0.6) is 5.75 Å². The lowest BCUT2D eigenvalue weighted by atomic mass is 10.2. The highest BCUT2D eigenvalue weighted by Gasteiger charge is 2.09. The maximum atomic E-state index is 12.8. The molecule has 0 N–H and O–H groups in total. The summed E-state index contributed by atoms with van der Waals surface area (Å²) in [5, 5.41) is 4.77. The van der Waals surface area contributed by atoms with Gasteiger partial charge in [0.1, 0.15) is 11.6 Å². The number of hydrogen-bond acceptors (Lipinski definition) is 6. The second-order valence-corrected chi connectivity index (χ2v) is 7.74. The van der Waals surface area contributed by atoms with Gasteiger partial charge in [-0.25, -0.2) is 9.78 Å². The van der Waals surface area contributed by atoms with Crippen LogP contribution in [-0.2, 0) is 9.53 Å². The van der Waals surface area contributed by atoms with Crippen molar-refractivity contribution in [3.8, 4) is 5.75 Å². The molecular weight excluding hydrogens is 506 g/mol. The Morgan fingerprint density at radius 2 is 2.03 bits per heavy atom. The van der Waals surface area contributed by atoms with E-state index in [4.69, 9.17) is 9.47 Å². The van der Waals surface area contributed by atoms with Crippen molar-refractivity contribution in [2.45, 2.75) is 13.8 Å². The summed E-state index contributed by atoms with van der Waals surface area (Å²) in [7, 11) is 0. The lowest BCUT2D eigenvalue weighted by Gasteiger charge is -2.08. The molecule has 0 fully saturated rings. The Morgan fingerprint density at radius 1 is 1.24 bits per heavy atom. The van der Waals surface area contributed by atoms with Gasteiger partial charge in [-0.2, -0.15) is 9.78 Å². The Kier molecular flexibility index (Phi) is 6.81. The fraction of sp³-hybridized carbons (Fsp3) is 0.200. The third-order valence-electron chi connectivity index (χ3n) is 3.90. The van der Waals surface area contributed by atoms with E-state index in [1.165, 1.54) is 4.68 Å². The molecule has 0 amide bonds.